The smallest absolute Gasteiger partial charge is 0.371 e. The molecule has 40 heavy (non-hydrogen) atoms. The van der Waals surface area contributed by atoms with Crippen LogP contribution in [0.25, 0.3) is 0 Å². The van der Waals surface area contributed by atoms with Crippen LogP contribution in [0.4, 0.5) is 18.9 Å². The molecule has 1 saturated heterocycles. The minimum atomic E-state index is -4.32. The number of amides is 1. The number of halogens is 3. The van der Waals surface area contributed by atoms with Gasteiger partial charge in [-0.1, -0.05) is 84.7 Å². The number of hydrogen-bond donors (Lipinski definition) is 1. The van der Waals surface area contributed by atoms with Crippen molar-refractivity contribution in [3.63, 3.8) is 0 Å². The third-order valence-electron chi connectivity index (χ3n) is 7.01. The van der Waals surface area contributed by atoms with Crippen molar-refractivity contribution in [3.8, 4) is 0 Å². The number of benzene rings is 3. The fraction of sp³-hybridized carbons (Fsp3) is 0.387. The molecule has 4 rings (SSSR count). The third-order valence-corrected chi connectivity index (χ3v) is 7.77. The first-order valence-corrected chi connectivity index (χ1v) is 14.5. The Morgan fingerprint density at radius 2 is 1.55 bits per heavy atom. The van der Waals surface area contributed by atoms with Crippen LogP contribution in [0.3, 0.4) is 0 Å². The number of hydrogen-bond acceptors (Lipinski definition) is 5. The zero-order valence-corrected chi connectivity index (χ0v) is 23.5. The Labute approximate surface area is 238 Å². The molecule has 9 heteroatoms. The van der Waals surface area contributed by atoms with E-state index in [0.717, 1.165) is 54.9 Å². The van der Waals surface area contributed by atoms with Gasteiger partial charge in [0.15, 0.2) is 0 Å². The van der Waals surface area contributed by atoms with Crippen LogP contribution >= 0.6 is 11.9 Å². The summed E-state index contributed by atoms with van der Waals surface area (Å²) < 4.78 is 44.7. The third kappa shape index (κ3) is 8.74. The molecule has 0 aromatic heterocycles. The van der Waals surface area contributed by atoms with Gasteiger partial charge in [0.25, 0.3) is 0 Å². The van der Waals surface area contributed by atoms with Crippen molar-refractivity contribution in [1.29, 1.82) is 0 Å². The first-order valence-electron chi connectivity index (χ1n) is 13.5. The molecule has 1 aliphatic rings. The Hall–Kier alpha value is -3.01. The largest absolute Gasteiger partial charge is 0.411 e. The molecule has 1 aliphatic heterocycles. The van der Waals surface area contributed by atoms with E-state index in [2.05, 4.69) is 14.4 Å². The highest BCUT2D eigenvalue weighted by molar-refractivity contribution is 8.00. The lowest BCUT2D eigenvalue weighted by Gasteiger charge is -2.34. The fourth-order valence-corrected chi connectivity index (χ4v) is 5.62. The molecule has 3 aromatic carbocycles. The van der Waals surface area contributed by atoms with Crippen LogP contribution in [0.15, 0.2) is 84.9 Å². The highest BCUT2D eigenvalue weighted by Gasteiger charge is 2.32. The second-order valence-electron chi connectivity index (χ2n) is 9.97. The normalized spacial score (nSPS) is 14.8. The summed E-state index contributed by atoms with van der Waals surface area (Å²) in [6, 6.07) is 27.5. The summed E-state index contributed by atoms with van der Waals surface area (Å²) in [6.07, 6.45) is -2.02. The van der Waals surface area contributed by atoms with Gasteiger partial charge in [0.2, 0.25) is 5.91 Å². The maximum atomic E-state index is 14.3. The zero-order chi connectivity index (χ0) is 28.4. The summed E-state index contributed by atoms with van der Waals surface area (Å²) >= 11 is 1.29. The number of rotatable bonds is 13. The van der Waals surface area contributed by atoms with Crippen LogP contribution in [-0.2, 0) is 9.53 Å². The number of carbonyl (C=O) groups excluding carboxylic acids is 1. The lowest BCUT2D eigenvalue weighted by Crippen LogP contribution is -2.41. The van der Waals surface area contributed by atoms with Crippen LogP contribution in [0.1, 0.15) is 41.5 Å². The molecule has 0 saturated carbocycles. The van der Waals surface area contributed by atoms with Crippen LogP contribution in [-0.4, -0.2) is 67.5 Å². The maximum Gasteiger partial charge on any atom is 0.411 e. The molecule has 214 valence electrons. The minimum Gasteiger partial charge on any atom is -0.371 e. The van der Waals surface area contributed by atoms with E-state index < -0.39 is 18.7 Å². The summed E-state index contributed by atoms with van der Waals surface area (Å²) in [7, 11) is 1.88. The molecule has 5 nitrogen and oxygen atoms in total. The molecule has 3 aromatic rings. The molecule has 0 bridgehead atoms. The second-order valence-corrected chi connectivity index (χ2v) is 10.9. The monoisotopic (exact) mass is 571 g/mol. The first kappa shape index (κ1) is 30.0. The molecule has 1 heterocycles. The average Bonchev–Trinajstić information content (AvgIpc) is 3.47. The van der Waals surface area contributed by atoms with Crippen LogP contribution < -0.4 is 4.72 Å². The lowest BCUT2D eigenvalue weighted by atomic mass is 9.89. The molecule has 1 amide bonds. The van der Waals surface area contributed by atoms with Gasteiger partial charge in [-0.2, -0.15) is 13.2 Å². The zero-order valence-electron chi connectivity index (χ0n) is 22.6. The summed E-state index contributed by atoms with van der Waals surface area (Å²) in [5, 5.41) is 0. The minimum absolute atomic E-state index is 0.00788. The predicted molar refractivity (Wildman–Crippen MR) is 155 cm³/mol. The van der Waals surface area contributed by atoms with Crippen molar-refractivity contribution < 1.29 is 22.7 Å². The van der Waals surface area contributed by atoms with Gasteiger partial charge < -0.3 is 19.3 Å². The van der Waals surface area contributed by atoms with Crippen molar-refractivity contribution in [2.24, 2.45) is 0 Å². The van der Waals surface area contributed by atoms with E-state index in [4.69, 9.17) is 0 Å². The van der Waals surface area contributed by atoms with Gasteiger partial charge in [0.05, 0.1) is 18.6 Å². The topological polar surface area (TPSA) is 44.8 Å². The number of likely N-dealkylation sites (N-methyl/N-ethyl adjacent to an activating group) is 1. The van der Waals surface area contributed by atoms with Gasteiger partial charge in [-0.3, -0.25) is 4.79 Å². The van der Waals surface area contributed by atoms with Crippen LogP contribution in [0, 0.1) is 0 Å². The summed E-state index contributed by atoms with van der Waals surface area (Å²) in [5.41, 5.74) is 3.73. The van der Waals surface area contributed by atoms with E-state index >= 15 is 0 Å². The van der Waals surface area contributed by atoms with Crippen molar-refractivity contribution in [2.45, 2.75) is 31.0 Å². The predicted octanol–water partition coefficient (Wildman–Crippen LogP) is 6.75. The van der Waals surface area contributed by atoms with Gasteiger partial charge in [-0.15, -0.1) is 0 Å². The fourth-order valence-electron chi connectivity index (χ4n) is 5.02. The Morgan fingerprint density at radius 3 is 2.15 bits per heavy atom. The molecule has 1 fully saturated rings. The molecule has 0 spiro atoms. The maximum absolute atomic E-state index is 14.3. The molecule has 1 N–H and O–H groups in total. The number of likely N-dealkylation sites (tertiary alicyclic amines) is 1. The number of nitrogens with one attached hydrogen (secondary N) is 1. The highest BCUT2D eigenvalue weighted by Crippen LogP contribution is 2.32. The average molecular weight is 572 g/mol. The number of ether oxygens (including phenoxy) is 1. The van der Waals surface area contributed by atoms with Gasteiger partial charge >= 0.3 is 6.18 Å². The van der Waals surface area contributed by atoms with Gasteiger partial charge in [0.1, 0.15) is 6.61 Å². The number of anilines is 1. The SMILES string of the molecule is CN(C(=O)C(c1ccccc1)c1ccccc1)C(CN1CCCC1)c1cccc(NSCCOCC(F)(F)F)c1. The number of alkyl halides is 3. The Kier molecular flexibility index (Phi) is 10.9. The molecular formula is C31H36F3N3O2S. The van der Waals surface area contributed by atoms with Crippen molar-refractivity contribution in [1.82, 2.24) is 9.80 Å². The van der Waals surface area contributed by atoms with E-state index in [-0.39, 0.29) is 18.6 Å². The number of nitrogens with zero attached hydrogens (tertiary/aromatic N) is 2. The van der Waals surface area contributed by atoms with Gasteiger partial charge in [-0.05, 0) is 54.8 Å². The van der Waals surface area contributed by atoms with E-state index in [1.54, 1.807) is 0 Å². The van der Waals surface area contributed by atoms with Crippen LogP contribution in [0.5, 0.6) is 0 Å². The van der Waals surface area contributed by atoms with E-state index in [1.165, 1.54) is 11.9 Å². The van der Waals surface area contributed by atoms with Crippen molar-refractivity contribution >= 4 is 23.5 Å². The second kappa shape index (κ2) is 14.6. The lowest BCUT2D eigenvalue weighted by molar-refractivity contribution is -0.172. The van der Waals surface area contributed by atoms with Crippen LogP contribution in [0.2, 0.25) is 0 Å². The standard InChI is InChI=1S/C31H36F3N3O2S/c1-36(30(38)29(24-11-4-2-5-12-24)25-13-6-3-7-14-25)28(22-37-17-8-9-18-37)26-15-10-16-27(21-26)35-40-20-19-39-23-31(32,33)34/h2-7,10-16,21,28-29,35H,8-9,17-20,22-23H2,1H3. The molecule has 0 radical (unpaired) electrons. The van der Waals surface area contributed by atoms with E-state index in [9.17, 15) is 18.0 Å². The Morgan fingerprint density at radius 1 is 0.950 bits per heavy atom. The summed E-state index contributed by atoms with van der Waals surface area (Å²) in [5.74, 6) is -0.0377. The first-order chi connectivity index (χ1) is 19.3. The Bertz CT molecular complexity index is 1150. The Balaban J connectivity index is 1.52. The molecule has 1 unspecified atom stereocenters. The van der Waals surface area contributed by atoms with E-state index in [1.807, 2.05) is 96.9 Å². The van der Waals surface area contributed by atoms with Gasteiger partial charge in [-0.25, -0.2) is 0 Å². The highest BCUT2D eigenvalue weighted by atomic mass is 32.2. The summed E-state index contributed by atoms with van der Waals surface area (Å²) in [4.78, 5) is 18.5. The van der Waals surface area contributed by atoms with Gasteiger partial charge in [0, 0.05) is 25.0 Å². The van der Waals surface area contributed by atoms with Crippen molar-refractivity contribution in [2.75, 3.05) is 50.4 Å². The summed E-state index contributed by atoms with van der Waals surface area (Å²) in [6.45, 7) is 1.48. The molecule has 0 aliphatic carbocycles. The van der Waals surface area contributed by atoms with Crippen molar-refractivity contribution in [3.05, 3.63) is 102 Å². The molecular weight excluding hydrogens is 535 g/mol. The quantitative estimate of drug-likeness (QED) is 0.182. The number of carbonyl (C=O) groups is 1. The molecule has 1 atom stereocenters. The van der Waals surface area contributed by atoms with E-state index in [0.29, 0.717) is 5.75 Å².